The number of rotatable bonds is 1. The monoisotopic (exact) mass is 315 g/mol. The van der Waals surface area contributed by atoms with Crippen molar-refractivity contribution in [3.8, 4) is 11.1 Å². The van der Waals surface area contributed by atoms with Crippen LogP contribution in [0, 0.1) is 6.92 Å². The van der Waals surface area contributed by atoms with Crippen LogP contribution in [-0.2, 0) is 7.05 Å². The number of fused-ring (bicyclic) bond motifs is 4. The van der Waals surface area contributed by atoms with Crippen LogP contribution in [0.1, 0.15) is 5.56 Å². The molecule has 0 spiro atoms. The fraction of sp³-hybridized carbons (Fsp3) is 0.0870. The van der Waals surface area contributed by atoms with Crippen LogP contribution >= 0.6 is 0 Å². The van der Waals surface area contributed by atoms with Crippen LogP contribution in [-0.4, -0.2) is 4.57 Å². The van der Waals surface area contributed by atoms with Gasteiger partial charge in [0.15, 0.2) is 0 Å². The van der Waals surface area contributed by atoms with Crippen LogP contribution in [0.5, 0.6) is 0 Å². The zero-order valence-corrected chi connectivity index (χ0v) is 14.9. The van der Waals surface area contributed by atoms with E-state index in [-0.39, 0.29) is 18.9 Å². The van der Waals surface area contributed by atoms with Gasteiger partial charge in [0.25, 0.3) is 0 Å². The van der Waals surface area contributed by atoms with Gasteiger partial charge in [0.05, 0.1) is 0 Å². The van der Waals surface area contributed by atoms with Crippen LogP contribution in [0.2, 0.25) is 0 Å². The Balaban J connectivity index is 0.00000157. The summed E-state index contributed by atoms with van der Waals surface area (Å²) in [5.41, 5.74) is 6.49. The van der Waals surface area contributed by atoms with Gasteiger partial charge >= 0.3 is 18.9 Å². The number of para-hydroxylation sites is 1. The normalized spacial score (nSPS) is 11.3. The largest absolute Gasteiger partial charge is 1.00 e. The molecule has 0 bridgehead atoms. The first-order valence-electron chi connectivity index (χ1n) is 8.36. The molecule has 5 rings (SSSR count). The Morgan fingerprint density at radius 3 is 2.44 bits per heavy atom. The maximum atomic E-state index is 2.34. The summed E-state index contributed by atoms with van der Waals surface area (Å²) in [6.45, 7) is 2.16. The molecule has 1 heterocycles. The van der Waals surface area contributed by atoms with Gasteiger partial charge in [-0.15, -0.1) is 34.5 Å². The van der Waals surface area contributed by atoms with Crippen LogP contribution in [0.4, 0.5) is 0 Å². The second-order valence-electron chi connectivity index (χ2n) is 6.65. The third kappa shape index (κ3) is 2.35. The zero-order valence-electron chi connectivity index (χ0n) is 14.9. The fourth-order valence-corrected chi connectivity index (χ4v) is 3.97. The van der Waals surface area contributed by atoms with Crippen LogP contribution in [0.25, 0.3) is 43.7 Å². The van der Waals surface area contributed by atoms with Gasteiger partial charge in [-0.25, -0.2) is 0 Å². The van der Waals surface area contributed by atoms with Gasteiger partial charge in [0.2, 0.25) is 0 Å². The van der Waals surface area contributed by atoms with Crippen molar-refractivity contribution in [2.45, 2.75) is 6.92 Å². The van der Waals surface area contributed by atoms with Crippen molar-refractivity contribution < 1.29 is 18.9 Å². The third-order valence-electron chi connectivity index (χ3n) is 5.12. The predicted octanol–water partition coefficient (Wildman–Crippen LogP) is 3.18. The summed E-state index contributed by atoms with van der Waals surface area (Å²) in [4.78, 5) is 0. The molecule has 116 valence electrons. The summed E-state index contributed by atoms with van der Waals surface area (Å²) in [5, 5.41) is 5.31. The first-order chi connectivity index (χ1) is 11.7. The van der Waals surface area contributed by atoms with Crippen LogP contribution in [0.3, 0.4) is 0 Å². The molecular weight excluding hydrogens is 297 g/mol. The number of aryl methyl sites for hydroxylation is 2. The summed E-state index contributed by atoms with van der Waals surface area (Å²) in [6, 6.07) is 26.6. The molecular formula is C23H18LiN. The molecule has 0 aliphatic heterocycles. The van der Waals surface area contributed by atoms with E-state index in [0.717, 1.165) is 0 Å². The second-order valence-corrected chi connectivity index (χ2v) is 6.65. The van der Waals surface area contributed by atoms with Crippen molar-refractivity contribution in [2.75, 3.05) is 0 Å². The molecule has 2 heteroatoms. The Kier molecular flexibility index (Phi) is 3.80. The van der Waals surface area contributed by atoms with Crippen molar-refractivity contribution in [3.05, 3.63) is 78.4 Å². The number of hydrogen-bond acceptors (Lipinski definition) is 0. The van der Waals surface area contributed by atoms with Crippen molar-refractivity contribution in [1.29, 1.82) is 0 Å². The second kappa shape index (κ2) is 5.88. The molecule has 0 atom stereocenters. The number of aromatic nitrogens is 1. The average Bonchev–Trinajstić information content (AvgIpc) is 3.12. The Morgan fingerprint density at radius 1 is 0.760 bits per heavy atom. The SMILES string of the molecule is Cc1cc2c(-c3ccc4c(c3)c3ccccc3n4C)cccc2[cH-]1.[Li+]. The van der Waals surface area contributed by atoms with E-state index in [1.54, 1.807) is 0 Å². The third-order valence-corrected chi connectivity index (χ3v) is 5.12. The molecule has 5 aromatic rings. The van der Waals surface area contributed by atoms with Crippen molar-refractivity contribution >= 4 is 32.6 Å². The number of benzene rings is 3. The quantitative estimate of drug-likeness (QED) is 0.331. The fourth-order valence-electron chi connectivity index (χ4n) is 3.97. The first-order valence-corrected chi connectivity index (χ1v) is 8.36. The van der Waals surface area contributed by atoms with E-state index in [1.807, 2.05) is 0 Å². The van der Waals surface area contributed by atoms with Gasteiger partial charge < -0.3 is 4.57 Å². The van der Waals surface area contributed by atoms with E-state index in [9.17, 15) is 0 Å². The number of nitrogens with zero attached hydrogens (tertiary/aromatic N) is 1. The summed E-state index contributed by atoms with van der Waals surface area (Å²) >= 11 is 0. The average molecular weight is 315 g/mol. The topological polar surface area (TPSA) is 4.93 Å². The van der Waals surface area contributed by atoms with E-state index >= 15 is 0 Å². The van der Waals surface area contributed by atoms with E-state index in [4.69, 9.17) is 0 Å². The molecule has 4 aromatic carbocycles. The zero-order chi connectivity index (χ0) is 16.3. The summed E-state index contributed by atoms with van der Waals surface area (Å²) < 4.78 is 2.28. The predicted molar refractivity (Wildman–Crippen MR) is 104 cm³/mol. The van der Waals surface area contributed by atoms with Gasteiger partial charge in [-0.3, -0.25) is 0 Å². The summed E-state index contributed by atoms with van der Waals surface area (Å²) in [6.07, 6.45) is 0. The van der Waals surface area contributed by atoms with Crippen molar-refractivity contribution in [3.63, 3.8) is 0 Å². The molecule has 0 amide bonds. The van der Waals surface area contributed by atoms with E-state index in [1.165, 1.54) is 49.3 Å². The molecule has 25 heavy (non-hydrogen) atoms. The van der Waals surface area contributed by atoms with Crippen molar-refractivity contribution in [2.24, 2.45) is 7.05 Å². The minimum atomic E-state index is 0. The molecule has 0 N–H and O–H groups in total. The Morgan fingerprint density at radius 2 is 1.56 bits per heavy atom. The molecule has 0 saturated heterocycles. The molecule has 0 fully saturated rings. The van der Waals surface area contributed by atoms with Crippen molar-refractivity contribution in [1.82, 2.24) is 4.57 Å². The molecule has 0 unspecified atom stereocenters. The molecule has 1 aromatic heterocycles. The molecule has 1 nitrogen and oxygen atoms in total. The van der Waals surface area contributed by atoms with Crippen LogP contribution < -0.4 is 18.9 Å². The minimum absolute atomic E-state index is 0. The van der Waals surface area contributed by atoms with E-state index < -0.39 is 0 Å². The molecule has 0 radical (unpaired) electrons. The number of hydrogen-bond donors (Lipinski definition) is 0. The Labute approximate surface area is 159 Å². The first kappa shape index (κ1) is 16.2. The summed E-state index contributed by atoms with van der Waals surface area (Å²) in [7, 11) is 2.14. The summed E-state index contributed by atoms with van der Waals surface area (Å²) in [5.74, 6) is 0. The van der Waals surface area contributed by atoms with Gasteiger partial charge in [0.1, 0.15) is 0 Å². The minimum Gasteiger partial charge on any atom is -0.344 e. The molecule has 0 saturated carbocycles. The molecule has 0 aliphatic rings. The molecule has 0 aliphatic carbocycles. The maximum Gasteiger partial charge on any atom is 1.00 e. The van der Waals surface area contributed by atoms with Crippen LogP contribution in [0.15, 0.2) is 72.8 Å². The standard InChI is InChI=1S/C23H18N.Li/c1-15-12-16-6-5-8-18(20(16)13-15)17-10-11-23-21(14-17)19-7-3-4-9-22(19)24(23)2;/h3-14H,1-2H3;/q-1;+1. The van der Waals surface area contributed by atoms with Gasteiger partial charge in [-0.2, -0.15) is 6.07 Å². The Hall–Kier alpha value is -2.33. The van der Waals surface area contributed by atoms with Gasteiger partial charge in [-0.1, -0.05) is 42.8 Å². The van der Waals surface area contributed by atoms with E-state index in [2.05, 4.69) is 91.3 Å². The smallest absolute Gasteiger partial charge is 0.344 e. The van der Waals surface area contributed by atoms with Gasteiger partial charge in [-0.05, 0) is 23.8 Å². The Bertz CT molecular complexity index is 1220. The van der Waals surface area contributed by atoms with E-state index in [0.29, 0.717) is 0 Å². The van der Waals surface area contributed by atoms with Gasteiger partial charge in [0, 0.05) is 28.9 Å². The maximum absolute atomic E-state index is 2.34.